The Kier molecular flexibility index (Phi) is 9.73. The fourth-order valence-electron chi connectivity index (χ4n) is 8.87. The summed E-state index contributed by atoms with van der Waals surface area (Å²) in [5, 5.41) is 20.7. The molecule has 5 aliphatic heterocycles. The Labute approximate surface area is 337 Å². The van der Waals surface area contributed by atoms with Gasteiger partial charge in [0.1, 0.15) is 18.0 Å². The summed E-state index contributed by atoms with van der Waals surface area (Å²) in [4.78, 5) is 63.7. The fourth-order valence-corrected chi connectivity index (χ4v) is 8.87. The maximum Gasteiger partial charge on any atom is 0.413 e. The Hall–Kier alpha value is -6.43. The summed E-state index contributed by atoms with van der Waals surface area (Å²) >= 11 is 0. The van der Waals surface area contributed by atoms with Gasteiger partial charge in [-0.3, -0.25) is 29.5 Å². The van der Waals surface area contributed by atoms with Crippen molar-refractivity contribution in [3.63, 3.8) is 0 Å². The van der Waals surface area contributed by atoms with E-state index in [0.717, 1.165) is 59.5 Å². The van der Waals surface area contributed by atoms with Crippen molar-refractivity contribution in [2.24, 2.45) is 0 Å². The molecule has 0 bridgehead atoms. The second-order valence-electron chi connectivity index (χ2n) is 15.5. The van der Waals surface area contributed by atoms with E-state index in [9.17, 15) is 33.1 Å². The van der Waals surface area contributed by atoms with Gasteiger partial charge in [0, 0.05) is 81.7 Å². The van der Waals surface area contributed by atoms with Gasteiger partial charge in [0.2, 0.25) is 17.7 Å². The van der Waals surface area contributed by atoms with Crippen molar-refractivity contribution < 1.29 is 42.5 Å². The van der Waals surface area contributed by atoms with Crippen LogP contribution < -0.4 is 29.5 Å². The van der Waals surface area contributed by atoms with Crippen molar-refractivity contribution in [3.05, 3.63) is 82.5 Å². The largest absolute Gasteiger partial charge is 0.493 e. The van der Waals surface area contributed by atoms with E-state index in [1.54, 1.807) is 11.0 Å². The summed E-state index contributed by atoms with van der Waals surface area (Å²) in [7, 11) is 1.27. The predicted octanol–water partition coefficient (Wildman–Crippen LogP) is 3.74. The van der Waals surface area contributed by atoms with Gasteiger partial charge in [-0.2, -0.15) is 0 Å². The highest BCUT2D eigenvalue weighted by Gasteiger charge is 2.43. The van der Waals surface area contributed by atoms with Gasteiger partial charge in [0.05, 0.1) is 43.2 Å². The number of nitrogens with zero attached hydrogens (tertiary/aromatic N) is 8. The third-order valence-corrected chi connectivity index (χ3v) is 11.9. The smallest absolute Gasteiger partial charge is 0.413 e. The summed E-state index contributed by atoms with van der Waals surface area (Å²) in [5.41, 5.74) is 5.15. The van der Waals surface area contributed by atoms with E-state index >= 15 is 0 Å². The second-order valence-corrected chi connectivity index (χ2v) is 15.5. The standard InChI is InChI=1S/C41H41F2N9O7/c1-22-11-36(59-28-14-27-20-52(41(56)57)38-34(50(27)21-28)16-32(46-47-38)30-12-25(42)13-31(43)37(30)58-2)44-17-24(22)18-48-7-9-49(10-8-48)26-4-3-23-19-51(40(55)29(23)15-26)33-5-6-35(53)45-39(33)54/h3-4,11-13,15-17,27-28,33H,5-10,14,18-21H2,1-2H3,(H,56,57)(H,45,53,54)/t27-,28-,33?/m1/s1. The van der Waals surface area contributed by atoms with Crippen LogP contribution in [0.15, 0.2) is 48.7 Å². The SMILES string of the molecule is COc1c(F)cc(F)cc1-c1cc2c(nn1)N(C(=O)O)C[C@H]1C[C@@H](Oc3cc(C)c(CN4CCN(c5ccc6c(c5)C(=O)N(C5CCC(=O)NC5=O)C6)CC4)cn3)CN21. The highest BCUT2D eigenvalue weighted by atomic mass is 19.1. The molecule has 16 nitrogen and oxygen atoms in total. The van der Waals surface area contributed by atoms with Crippen LogP contribution in [0.3, 0.4) is 0 Å². The second kappa shape index (κ2) is 15.1. The number of amides is 4. The number of benzene rings is 2. The number of hydrogen-bond acceptors (Lipinski definition) is 12. The van der Waals surface area contributed by atoms with Crippen LogP contribution in [-0.2, 0) is 22.7 Å². The number of methoxy groups -OCH3 is 1. The molecule has 3 saturated heterocycles. The van der Waals surface area contributed by atoms with Crippen LogP contribution in [0, 0.1) is 18.6 Å². The van der Waals surface area contributed by atoms with Crippen molar-refractivity contribution in [1.29, 1.82) is 0 Å². The third-order valence-electron chi connectivity index (χ3n) is 11.9. The number of carbonyl (C=O) groups is 4. The maximum absolute atomic E-state index is 14.6. The van der Waals surface area contributed by atoms with E-state index < -0.39 is 29.7 Å². The topological polar surface area (TPSA) is 174 Å². The third kappa shape index (κ3) is 7.10. The minimum Gasteiger partial charge on any atom is -0.493 e. The number of carboxylic acid groups (broad SMARTS) is 1. The summed E-state index contributed by atoms with van der Waals surface area (Å²) in [6.45, 7) is 6.72. The van der Waals surface area contributed by atoms with Gasteiger partial charge in [0.25, 0.3) is 5.91 Å². The van der Waals surface area contributed by atoms with Gasteiger partial charge in [-0.05, 0) is 54.3 Å². The number of aromatic nitrogens is 3. The summed E-state index contributed by atoms with van der Waals surface area (Å²) in [6, 6.07) is 10.3. The number of nitrogens with one attached hydrogen (secondary N) is 1. The van der Waals surface area contributed by atoms with Crippen LogP contribution in [0.5, 0.6) is 11.6 Å². The number of pyridine rings is 1. The number of imide groups is 1. The molecule has 3 atom stereocenters. The Balaban J connectivity index is 0.826. The number of hydrogen-bond donors (Lipinski definition) is 2. The molecule has 1 unspecified atom stereocenters. The number of fused-ring (bicyclic) bond motifs is 4. The Morgan fingerprint density at radius 1 is 0.983 bits per heavy atom. The molecule has 0 radical (unpaired) electrons. The van der Waals surface area contributed by atoms with Crippen molar-refractivity contribution in [3.8, 4) is 22.9 Å². The number of halogens is 2. The number of rotatable bonds is 8. The number of aryl methyl sites for hydroxylation is 1. The lowest BCUT2D eigenvalue weighted by atomic mass is 10.0. The van der Waals surface area contributed by atoms with Crippen LogP contribution in [0.4, 0.5) is 30.8 Å². The van der Waals surface area contributed by atoms with Gasteiger partial charge < -0.3 is 29.3 Å². The molecule has 5 aliphatic rings. The van der Waals surface area contributed by atoms with E-state index in [-0.39, 0.29) is 59.8 Å². The zero-order valence-corrected chi connectivity index (χ0v) is 32.4. The van der Waals surface area contributed by atoms with E-state index in [0.29, 0.717) is 55.7 Å². The molecular weight excluding hydrogens is 769 g/mol. The average Bonchev–Trinajstić information content (AvgIpc) is 3.78. The first-order chi connectivity index (χ1) is 28.4. The van der Waals surface area contributed by atoms with Gasteiger partial charge in [-0.25, -0.2) is 18.6 Å². The van der Waals surface area contributed by atoms with Crippen molar-refractivity contribution in [1.82, 2.24) is 30.3 Å². The first-order valence-electron chi connectivity index (χ1n) is 19.5. The summed E-state index contributed by atoms with van der Waals surface area (Å²) in [6.07, 6.45) is 1.35. The van der Waals surface area contributed by atoms with Gasteiger partial charge >= 0.3 is 6.09 Å². The lowest BCUT2D eigenvalue weighted by Gasteiger charge is -2.37. The first kappa shape index (κ1) is 38.1. The van der Waals surface area contributed by atoms with Crippen molar-refractivity contribution in [2.75, 3.05) is 61.1 Å². The normalized spacial score (nSPS) is 21.6. The lowest BCUT2D eigenvalue weighted by Crippen LogP contribution is -2.52. The first-order valence-corrected chi connectivity index (χ1v) is 19.5. The molecule has 7 heterocycles. The molecule has 4 aromatic rings. The fraction of sp³-hybridized carbons (Fsp3) is 0.390. The molecule has 306 valence electrons. The molecule has 9 rings (SSSR count). The minimum absolute atomic E-state index is 0.0521. The van der Waals surface area contributed by atoms with Gasteiger partial charge in [-0.1, -0.05) is 6.07 Å². The lowest BCUT2D eigenvalue weighted by molar-refractivity contribution is -0.136. The number of piperidine rings is 1. The Bertz CT molecular complexity index is 2390. The van der Waals surface area contributed by atoms with Crippen molar-refractivity contribution in [2.45, 2.75) is 57.5 Å². The van der Waals surface area contributed by atoms with Crippen LogP contribution in [0.25, 0.3) is 11.3 Å². The van der Waals surface area contributed by atoms with Gasteiger partial charge in [-0.15, -0.1) is 10.2 Å². The quantitative estimate of drug-likeness (QED) is 0.247. The number of ether oxygens (including phenoxy) is 2. The van der Waals surface area contributed by atoms with E-state index in [4.69, 9.17) is 9.47 Å². The zero-order chi connectivity index (χ0) is 41.1. The molecule has 2 N–H and O–H groups in total. The van der Waals surface area contributed by atoms with E-state index in [1.807, 2.05) is 42.3 Å². The van der Waals surface area contributed by atoms with Gasteiger partial charge in [0.15, 0.2) is 17.4 Å². The van der Waals surface area contributed by atoms with Crippen LogP contribution >= 0.6 is 0 Å². The highest BCUT2D eigenvalue weighted by Crippen LogP contribution is 2.42. The number of carbonyl (C=O) groups excluding carboxylic acids is 3. The Morgan fingerprint density at radius 3 is 2.54 bits per heavy atom. The zero-order valence-electron chi connectivity index (χ0n) is 32.4. The monoisotopic (exact) mass is 809 g/mol. The highest BCUT2D eigenvalue weighted by molar-refractivity contribution is 6.05. The van der Waals surface area contributed by atoms with Crippen LogP contribution in [0.1, 0.15) is 46.3 Å². The number of anilines is 3. The van der Waals surface area contributed by atoms with Crippen LogP contribution in [-0.4, -0.2) is 118 Å². The van der Waals surface area contributed by atoms with E-state index in [1.165, 1.54) is 7.11 Å². The molecule has 0 saturated carbocycles. The molecule has 2 aromatic heterocycles. The summed E-state index contributed by atoms with van der Waals surface area (Å²) < 4.78 is 40.4. The average molecular weight is 810 g/mol. The minimum atomic E-state index is -1.19. The van der Waals surface area contributed by atoms with Crippen LogP contribution in [0.2, 0.25) is 0 Å². The number of piperazine rings is 1. The van der Waals surface area contributed by atoms with Crippen molar-refractivity contribution >= 4 is 41.0 Å². The molecule has 0 spiro atoms. The molecule has 59 heavy (non-hydrogen) atoms. The maximum atomic E-state index is 14.6. The molecule has 3 fully saturated rings. The van der Waals surface area contributed by atoms with E-state index in [2.05, 4.69) is 30.3 Å². The molecular formula is C41H41F2N9O7. The predicted molar refractivity (Wildman–Crippen MR) is 208 cm³/mol. The molecule has 0 aliphatic carbocycles. The molecule has 2 aromatic carbocycles. The summed E-state index contributed by atoms with van der Waals surface area (Å²) in [5.74, 6) is -2.25. The molecule has 4 amide bonds. The Morgan fingerprint density at radius 2 is 1.80 bits per heavy atom. The molecule has 18 heteroatoms.